The molecule has 0 amide bonds. The molecule has 0 aromatic rings. The van der Waals surface area contributed by atoms with Gasteiger partial charge in [-0.05, 0) is 25.9 Å². The van der Waals surface area contributed by atoms with Crippen LogP contribution in [0, 0.1) is 0 Å². The summed E-state index contributed by atoms with van der Waals surface area (Å²) < 4.78 is 0. The fourth-order valence-electron chi connectivity index (χ4n) is 0.889. The number of Topliss-reactive ketones (excluding diaryl/α,β-unsaturated/α-hetero) is 1. The van der Waals surface area contributed by atoms with Crippen molar-refractivity contribution < 1.29 is 6.22 Å². The standard InChI is InChI=1S/C9H19NO.H2/c1-3-7-10-8-5-6-9(11)4-2;/h10H,3-8H2,1-2H3;1H. The molecule has 0 aromatic carbocycles. The van der Waals surface area contributed by atoms with Gasteiger partial charge >= 0.3 is 0 Å². The highest BCUT2D eigenvalue weighted by molar-refractivity contribution is 5.77. The van der Waals surface area contributed by atoms with Crippen LogP contribution in [-0.4, -0.2) is 18.9 Å². The second-order valence-electron chi connectivity index (χ2n) is 2.75. The van der Waals surface area contributed by atoms with Crippen LogP contribution in [-0.2, 0) is 4.79 Å². The highest BCUT2D eigenvalue weighted by Gasteiger charge is 1.95. The van der Waals surface area contributed by atoms with Crippen LogP contribution in [0.2, 0.25) is 0 Å². The van der Waals surface area contributed by atoms with Gasteiger partial charge in [-0.1, -0.05) is 13.8 Å². The van der Waals surface area contributed by atoms with Crippen LogP contribution in [0.15, 0.2) is 0 Å². The van der Waals surface area contributed by atoms with Crippen LogP contribution < -0.4 is 5.32 Å². The van der Waals surface area contributed by atoms with Gasteiger partial charge in [0.25, 0.3) is 0 Å². The van der Waals surface area contributed by atoms with E-state index in [1.54, 1.807) is 0 Å². The van der Waals surface area contributed by atoms with Crippen LogP contribution in [0.1, 0.15) is 41.0 Å². The minimum absolute atomic E-state index is 0. The second-order valence-corrected chi connectivity index (χ2v) is 2.75. The van der Waals surface area contributed by atoms with Crippen LogP contribution >= 0.6 is 0 Å². The number of carbonyl (C=O) groups is 1. The summed E-state index contributed by atoms with van der Waals surface area (Å²) in [6.45, 7) is 6.12. The summed E-state index contributed by atoms with van der Waals surface area (Å²) in [4.78, 5) is 10.8. The maximum Gasteiger partial charge on any atom is 0.132 e. The lowest BCUT2D eigenvalue weighted by molar-refractivity contribution is -0.118. The van der Waals surface area contributed by atoms with Crippen molar-refractivity contribution in [3.05, 3.63) is 0 Å². The molecule has 0 aliphatic carbocycles. The lowest BCUT2D eigenvalue weighted by atomic mass is 10.2. The van der Waals surface area contributed by atoms with E-state index in [9.17, 15) is 4.79 Å². The average molecular weight is 159 g/mol. The van der Waals surface area contributed by atoms with Crippen LogP contribution in [0.5, 0.6) is 0 Å². The van der Waals surface area contributed by atoms with E-state index in [-0.39, 0.29) is 1.43 Å². The van der Waals surface area contributed by atoms with Gasteiger partial charge in [-0.2, -0.15) is 0 Å². The molecule has 0 unspecified atom stereocenters. The van der Waals surface area contributed by atoms with E-state index in [2.05, 4.69) is 12.2 Å². The molecule has 0 radical (unpaired) electrons. The molecular weight excluding hydrogens is 138 g/mol. The Morgan fingerprint density at radius 2 is 2.09 bits per heavy atom. The number of carbonyl (C=O) groups excluding carboxylic acids is 1. The smallest absolute Gasteiger partial charge is 0.132 e. The van der Waals surface area contributed by atoms with Gasteiger partial charge in [0.15, 0.2) is 0 Å². The average Bonchev–Trinajstić information content (AvgIpc) is 2.04. The predicted molar refractivity (Wildman–Crippen MR) is 49.8 cm³/mol. The molecular formula is C9H21NO. The van der Waals surface area contributed by atoms with Gasteiger partial charge < -0.3 is 5.32 Å². The van der Waals surface area contributed by atoms with Crippen LogP contribution in [0.4, 0.5) is 0 Å². The Kier molecular flexibility index (Phi) is 7.47. The second kappa shape index (κ2) is 7.73. The summed E-state index contributed by atoms with van der Waals surface area (Å²) in [6, 6.07) is 0. The molecule has 68 valence electrons. The molecule has 0 aliphatic rings. The number of ketones is 1. The molecule has 0 saturated heterocycles. The molecule has 0 heterocycles. The Hall–Kier alpha value is -0.370. The van der Waals surface area contributed by atoms with Crippen molar-refractivity contribution in [3.63, 3.8) is 0 Å². The summed E-state index contributed by atoms with van der Waals surface area (Å²) >= 11 is 0. The summed E-state index contributed by atoms with van der Waals surface area (Å²) in [6.07, 6.45) is 3.59. The Balaban J connectivity index is 0. The van der Waals surface area contributed by atoms with Crippen molar-refractivity contribution in [2.45, 2.75) is 39.5 Å². The largest absolute Gasteiger partial charge is 0.317 e. The van der Waals surface area contributed by atoms with Crippen molar-refractivity contribution >= 4 is 5.78 Å². The van der Waals surface area contributed by atoms with E-state index in [0.717, 1.165) is 25.9 Å². The molecule has 0 bridgehead atoms. The molecule has 0 aromatic heterocycles. The quantitative estimate of drug-likeness (QED) is 0.576. The lowest BCUT2D eigenvalue weighted by Crippen LogP contribution is -2.16. The first kappa shape index (κ1) is 10.6. The fourth-order valence-corrected chi connectivity index (χ4v) is 0.889. The predicted octanol–water partition coefficient (Wildman–Crippen LogP) is 1.99. The minimum atomic E-state index is 0. The highest BCUT2D eigenvalue weighted by atomic mass is 16.1. The fraction of sp³-hybridized carbons (Fsp3) is 0.889. The monoisotopic (exact) mass is 159 g/mol. The number of nitrogens with one attached hydrogen (secondary N) is 1. The SMILES string of the molecule is CCCNCCCC(=O)CC.[HH]. The zero-order chi connectivity index (χ0) is 8.53. The van der Waals surface area contributed by atoms with Crippen molar-refractivity contribution in [2.24, 2.45) is 0 Å². The van der Waals surface area contributed by atoms with Crippen molar-refractivity contribution in [1.29, 1.82) is 0 Å². The zero-order valence-electron chi connectivity index (χ0n) is 7.65. The summed E-state index contributed by atoms with van der Waals surface area (Å²) in [7, 11) is 0. The third-order valence-electron chi connectivity index (χ3n) is 1.63. The first-order valence-electron chi connectivity index (χ1n) is 4.53. The highest BCUT2D eigenvalue weighted by Crippen LogP contribution is 1.92. The number of rotatable bonds is 7. The molecule has 1 N–H and O–H groups in total. The van der Waals surface area contributed by atoms with E-state index in [1.165, 1.54) is 6.42 Å². The molecule has 0 rings (SSSR count). The van der Waals surface area contributed by atoms with Crippen molar-refractivity contribution in [3.8, 4) is 0 Å². The number of hydrogen-bond donors (Lipinski definition) is 1. The normalized spacial score (nSPS) is 10.0. The number of hydrogen-bond acceptors (Lipinski definition) is 2. The summed E-state index contributed by atoms with van der Waals surface area (Å²) in [5, 5.41) is 3.26. The van der Waals surface area contributed by atoms with Crippen LogP contribution in [0.3, 0.4) is 0 Å². The Morgan fingerprint density at radius 3 is 2.64 bits per heavy atom. The maximum atomic E-state index is 10.8. The third kappa shape index (κ3) is 7.53. The lowest BCUT2D eigenvalue weighted by Gasteiger charge is -2.00. The minimum Gasteiger partial charge on any atom is -0.317 e. The van der Waals surface area contributed by atoms with Crippen molar-refractivity contribution in [2.75, 3.05) is 13.1 Å². The van der Waals surface area contributed by atoms with Gasteiger partial charge in [0.1, 0.15) is 5.78 Å². The molecule has 2 heteroatoms. The van der Waals surface area contributed by atoms with E-state index in [1.807, 2.05) is 6.92 Å². The Labute approximate surface area is 70.9 Å². The van der Waals surface area contributed by atoms with Crippen LogP contribution in [0.25, 0.3) is 0 Å². The van der Waals surface area contributed by atoms with Gasteiger partial charge in [0.05, 0.1) is 0 Å². The van der Waals surface area contributed by atoms with Crippen molar-refractivity contribution in [1.82, 2.24) is 5.32 Å². The molecule has 0 atom stereocenters. The van der Waals surface area contributed by atoms with E-state index < -0.39 is 0 Å². The molecule has 11 heavy (non-hydrogen) atoms. The van der Waals surface area contributed by atoms with Gasteiger partial charge in [0, 0.05) is 14.3 Å². The van der Waals surface area contributed by atoms with Gasteiger partial charge in [-0.15, -0.1) is 0 Å². The molecule has 0 aliphatic heterocycles. The van der Waals surface area contributed by atoms with E-state index in [4.69, 9.17) is 0 Å². The molecule has 2 nitrogen and oxygen atoms in total. The van der Waals surface area contributed by atoms with Gasteiger partial charge in [-0.3, -0.25) is 4.79 Å². The summed E-state index contributed by atoms with van der Waals surface area (Å²) in [5.41, 5.74) is 0. The molecule has 0 spiro atoms. The van der Waals surface area contributed by atoms with Gasteiger partial charge in [-0.25, -0.2) is 0 Å². The third-order valence-corrected chi connectivity index (χ3v) is 1.63. The summed E-state index contributed by atoms with van der Waals surface area (Å²) in [5.74, 6) is 0.378. The Morgan fingerprint density at radius 1 is 1.36 bits per heavy atom. The molecule has 0 fully saturated rings. The topological polar surface area (TPSA) is 29.1 Å². The maximum absolute atomic E-state index is 10.8. The van der Waals surface area contributed by atoms with Gasteiger partial charge in [0.2, 0.25) is 0 Å². The van der Waals surface area contributed by atoms with E-state index >= 15 is 0 Å². The first-order chi connectivity index (χ1) is 5.31. The first-order valence-corrected chi connectivity index (χ1v) is 4.53. The zero-order valence-corrected chi connectivity index (χ0v) is 7.65. The Bertz CT molecular complexity index is 107. The van der Waals surface area contributed by atoms with E-state index in [0.29, 0.717) is 12.2 Å². The molecule has 0 saturated carbocycles.